The molecule has 0 atom stereocenters. The van der Waals surface area contributed by atoms with Crippen LogP contribution in [0.4, 0.5) is 8.78 Å². The van der Waals surface area contributed by atoms with E-state index < -0.39 is 17.4 Å². The number of carbonyl (C=O) groups excluding carboxylic acids is 1. The minimum absolute atomic E-state index is 0.294. The Morgan fingerprint density at radius 2 is 2.00 bits per heavy atom. The highest BCUT2D eigenvalue weighted by Crippen LogP contribution is 2.25. The van der Waals surface area contributed by atoms with Crippen LogP contribution in [0.2, 0.25) is 5.02 Å². The predicted octanol–water partition coefficient (Wildman–Crippen LogP) is 4.22. The van der Waals surface area contributed by atoms with Gasteiger partial charge in [0.1, 0.15) is 11.6 Å². The molecule has 0 saturated heterocycles. The topological polar surface area (TPSA) is 17.1 Å². The zero-order chi connectivity index (χ0) is 12.6. The van der Waals surface area contributed by atoms with Gasteiger partial charge in [-0.1, -0.05) is 11.6 Å². The van der Waals surface area contributed by atoms with Gasteiger partial charge in [-0.25, -0.2) is 8.78 Å². The van der Waals surface area contributed by atoms with Crippen LogP contribution in [-0.2, 0) is 0 Å². The Labute approximate surface area is 106 Å². The highest BCUT2D eigenvalue weighted by molar-refractivity contribution is 7.12. The van der Waals surface area contributed by atoms with Gasteiger partial charge in [-0.15, -0.1) is 11.3 Å². The van der Waals surface area contributed by atoms with Crippen molar-refractivity contribution in [2.24, 2.45) is 0 Å². The van der Waals surface area contributed by atoms with E-state index in [1.165, 1.54) is 11.3 Å². The van der Waals surface area contributed by atoms with Gasteiger partial charge in [-0.3, -0.25) is 4.79 Å². The Bertz CT molecular complexity index is 592. The molecule has 0 unspecified atom stereocenters. The number of benzene rings is 1. The second-order valence-corrected chi connectivity index (χ2v) is 4.83. The maximum absolute atomic E-state index is 13.5. The molecule has 0 N–H and O–H groups in total. The Kier molecular flexibility index (Phi) is 3.26. The molecule has 2 aromatic rings. The number of aryl methyl sites for hydroxylation is 1. The second kappa shape index (κ2) is 4.55. The van der Waals surface area contributed by atoms with Crippen LogP contribution in [0.1, 0.15) is 20.8 Å². The number of hydrogen-bond donors (Lipinski definition) is 0. The van der Waals surface area contributed by atoms with Crippen LogP contribution in [0.5, 0.6) is 0 Å². The van der Waals surface area contributed by atoms with Crippen molar-refractivity contribution in [3.05, 3.63) is 56.2 Å². The summed E-state index contributed by atoms with van der Waals surface area (Å²) in [5, 5.41) is 1.40. The minimum Gasteiger partial charge on any atom is -0.288 e. The van der Waals surface area contributed by atoms with Crippen molar-refractivity contribution in [1.29, 1.82) is 0 Å². The zero-order valence-electron chi connectivity index (χ0n) is 8.76. The standard InChI is InChI=1S/C12H7ClF2OS/c1-6-2-3-17-12(6)11(16)7-4-10(15)8(13)5-9(7)14/h2-5H,1H3. The average molecular weight is 273 g/mol. The van der Waals surface area contributed by atoms with Crippen molar-refractivity contribution in [3.63, 3.8) is 0 Å². The highest BCUT2D eigenvalue weighted by Gasteiger charge is 2.19. The summed E-state index contributed by atoms with van der Waals surface area (Å²) in [5.74, 6) is -2.13. The summed E-state index contributed by atoms with van der Waals surface area (Å²) in [6.45, 7) is 1.74. The van der Waals surface area contributed by atoms with E-state index in [9.17, 15) is 13.6 Å². The fourth-order valence-electron chi connectivity index (χ4n) is 1.42. The molecule has 1 nitrogen and oxygen atoms in total. The Balaban J connectivity index is 2.52. The first-order chi connectivity index (χ1) is 8.00. The van der Waals surface area contributed by atoms with E-state index in [2.05, 4.69) is 0 Å². The summed E-state index contributed by atoms with van der Waals surface area (Å²) in [6, 6.07) is 3.40. The second-order valence-electron chi connectivity index (χ2n) is 3.51. The summed E-state index contributed by atoms with van der Waals surface area (Å²) < 4.78 is 26.8. The van der Waals surface area contributed by atoms with E-state index >= 15 is 0 Å². The molecule has 0 saturated carbocycles. The molecule has 0 aliphatic carbocycles. The number of carbonyl (C=O) groups is 1. The molecule has 0 bridgehead atoms. The zero-order valence-corrected chi connectivity index (χ0v) is 10.3. The van der Waals surface area contributed by atoms with E-state index in [4.69, 9.17) is 11.6 Å². The van der Waals surface area contributed by atoms with E-state index in [1.54, 1.807) is 18.4 Å². The van der Waals surface area contributed by atoms with E-state index in [1.807, 2.05) is 0 Å². The molecule has 1 aromatic carbocycles. The van der Waals surface area contributed by atoms with Gasteiger partial charge in [0, 0.05) is 0 Å². The average Bonchev–Trinajstić information content (AvgIpc) is 2.69. The summed E-state index contributed by atoms with van der Waals surface area (Å²) in [4.78, 5) is 12.4. The molecule has 0 amide bonds. The van der Waals surface area contributed by atoms with Crippen LogP contribution in [-0.4, -0.2) is 5.78 Å². The summed E-state index contributed by atoms with van der Waals surface area (Å²) in [6.07, 6.45) is 0. The summed E-state index contributed by atoms with van der Waals surface area (Å²) in [5.41, 5.74) is 0.451. The van der Waals surface area contributed by atoms with Gasteiger partial charge in [-0.2, -0.15) is 0 Å². The molecule has 0 radical (unpaired) electrons. The Hall–Kier alpha value is -1.26. The molecule has 0 fully saturated rings. The lowest BCUT2D eigenvalue weighted by molar-refractivity contribution is 0.103. The molecule has 0 aliphatic heterocycles. The summed E-state index contributed by atoms with van der Waals surface area (Å²) in [7, 11) is 0. The third-order valence-corrected chi connectivity index (χ3v) is 3.63. The monoisotopic (exact) mass is 272 g/mol. The van der Waals surface area contributed by atoms with Gasteiger partial charge in [0.15, 0.2) is 0 Å². The van der Waals surface area contributed by atoms with Crippen LogP contribution < -0.4 is 0 Å². The van der Waals surface area contributed by atoms with Gasteiger partial charge in [0.05, 0.1) is 15.5 Å². The van der Waals surface area contributed by atoms with Gasteiger partial charge in [0.2, 0.25) is 5.78 Å². The predicted molar refractivity (Wildman–Crippen MR) is 63.9 cm³/mol. The van der Waals surface area contributed by atoms with Crippen LogP contribution in [0.3, 0.4) is 0 Å². The third-order valence-electron chi connectivity index (χ3n) is 2.32. The van der Waals surface area contributed by atoms with Crippen LogP contribution >= 0.6 is 22.9 Å². The largest absolute Gasteiger partial charge is 0.288 e. The van der Waals surface area contributed by atoms with Crippen molar-refractivity contribution >= 4 is 28.7 Å². The normalized spacial score (nSPS) is 10.6. The first-order valence-electron chi connectivity index (χ1n) is 4.74. The first-order valence-corrected chi connectivity index (χ1v) is 6.00. The van der Waals surface area contributed by atoms with Crippen molar-refractivity contribution in [2.75, 3.05) is 0 Å². The molecule has 0 aliphatic rings. The number of halogens is 3. The fourth-order valence-corrected chi connectivity index (χ4v) is 2.45. The van der Waals surface area contributed by atoms with E-state index in [0.717, 1.165) is 17.7 Å². The number of thiophene rings is 1. The lowest BCUT2D eigenvalue weighted by Gasteiger charge is -2.03. The molecular weight excluding hydrogens is 266 g/mol. The highest BCUT2D eigenvalue weighted by atomic mass is 35.5. The lowest BCUT2D eigenvalue weighted by Crippen LogP contribution is -2.04. The molecule has 1 aromatic heterocycles. The van der Waals surface area contributed by atoms with Crippen LogP contribution in [0, 0.1) is 18.6 Å². The van der Waals surface area contributed by atoms with Gasteiger partial charge >= 0.3 is 0 Å². The Morgan fingerprint density at radius 3 is 2.59 bits per heavy atom. The Morgan fingerprint density at radius 1 is 1.29 bits per heavy atom. The maximum atomic E-state index is 13.5. The molecular formula is C12H7ClF2OS. The molecule has 0 spiro atoms. The van der Waals surface area contributed by atoms with Crippen molar-refractivity contribution < 1.29 is 13.6 Å². The number of ketones is 1. The molecule has 2 rings (SSSR count). The van der Waals surface area contributed by atoms with Crippen molar-refractivity contribution in [2.45, 2.75) is 6.92 Å². The van der Waals surface area contributed by atoms with Crippen LogP contribution in [0.15, 0.2) is 23.6 Å². The molecule has 1 heterocycles. The minimum atomic E-state index is -0.811. The smallest absolute Gasteiger partial charge is 0.206 e. The third kappa shape index (κ3) is 2.23. The van der Waals surface area contributed by atoms with Crippen molar-refractivity contribution in [1.82, 2.24) is 0 Å². The molecule has 88 valence electrons. The fraction of sp³-hybridized carbons (Fsp3) is 0.0833. The van der Waals surface area contributed by atoms with E-state index in [0.29, 0.717) is 4.88 Å². The molecule has 17 heavy (non-hydrogen) atoms. The van der Waals surface area contributed by atoms with Gasteiger partial charge in [0.25, 0.3) is 0 Å². The van der Waals surface area contributed by atoms with Crippen molar-refractivity contribution in [3.8, 4) is 0 Å². The SMILES string of the molecule is Cc1ccsc1C(=O)c1cc(F)c(Cl)cc1F. The first kappa shape index (κ1) is 12.2. The van der Waals surface area contributed by atoms with Gasteiger partial charge in [-0.05, 0) is 36.1 Å². The van der Waals surface area contributed by atoms with E-state index in [-0.39, 0.29) is 10.6 Å². The maximum Gasteiger partial charge on any atom is 0.206 e. The lowest BCUT2D eigenvalue weighted by atomic mass is 10.1. The summed E-state index contributed by atoms with van der Waals surface area (Å²) >= 11 is 6.62. The molecule has 5 heteroatoms. The van der Waals surface area contributed by atoms with Crippen LogP contribution in [0.25, 0.3) is 0 Å². The quantitative estimate of drug-likeness (QED) is 0.591. The number of hydrogen-bond acceptors (Lipinski definition) is 2. The number of rotatable bonds is 2. The van der Waals surface area contributed by atoms with Gasteiger partial charge < -0.3 is 0 Å².